The van der Waals surface area contributed by atoms with E-state index >= 15 is 0 Å². The predicted molar refractivity (Wildman–Crippen MR) is 83.7 cm³/mol. The first-order valence-corrected chi connectivity index (χ1v) is 7.87. The molecule has 1 aromatic heterocycles. The summed E-state index contributed by atoms with van der Waals surface area (Å²) in [4.78, 5) is 0.746. The van der Waals surface area contributed by atoms with E-state index in [1.54, 1.807) is 24.3 Å². The van der Waals surface area contributed by atoms with Gasteiger partial charge < -0.3 is 0 Å². The zero-order valence-corrected chi connectivity index (χ0v) is 13.1. The lowest BCUT2D eigenvalue weighted by atomic mass is 10.1. The van der Waals surface area contributed by atoms with E-state index in [1.807, 2.05) is 30.3 Å². The van der Waals surface area contributed by atoms with Gasteiger partial charge in [0.1, 0.15) is 11.6 Å². The molecule has 0 fully saturated rings. The first-order chi connectivity index (χ1) is 9.56. The molecule has 2 aromatic carbocycles. The lowest BCUT2D eigenvalue weighted by Gasteiger charge is -2.11. The molecule has 1 unspecified atom stereocenters. The Morgan fingerprint density at radius 3 is 2.55 bits per heavy atom. The van der Waals surface area contributed by atoms with E-state index in [0.717, 1.165) is 21.0 Å². The summed E-state index contributed by atoms with van der Waals surface area (Å²) in [7, 11) is 0. The molecule has 0 aliphatic rings. The number of hydrogen-bond donors (Lipinski definition) is 0. The maximum absolute atomic E-state index is 14.0. The second kappa shape index (κ2) is 5.26. The highest BCUT2D eigenvalue weighted by atomic mass is 79.9. The van der Waals surface area contributed by atoms with E-state index in [0.29, 0.717) is 11.1 Å². The fourth-order valence-corrected chi connectivity index (χ4v) is 3.98. The Bertz CT molecular complexity index is 746. The number of aryl methyl sites for hydroxylation is 1. The van der Waals surface area contributed by atoms with E-state index in [9.17, 15) is 8.78 Å². The van der Waals surface area contributed by atoms with Gasteiger partial charge in [0.25, 0.3) is 0 Å². The highest BCUT2D eigenvalue weighted by Crippen LogP contribution is 2.39. The number of halogens is 3. The molecule has 3 rings (SSSR count). The number of fused-ring (bicyclic) bond motifs is 1. The second-order valence-electron chi connectivity index (χ2n) is 4.67. The van der Waals surface area contributed by atoms with Crippen LogP contribution in [0.25, 0.3) is 10.1 Å². The topological polar surface area (TPSA) is 0 Å². The molecule has 0 saturated carbocycles. The van der Waals surface area contributed by atoms with Crippen LogP contribution in [0.4, 0.5) is 8.78 Å². The summed E-state index contributed by atoms with van der Waals surface area (Å²) in [6.07, 6.45) is 0. The van der Waals surface area contributed by atoms with Gasteiger partial charge in [-0.15, -0.1) is 11.3 Å². The van der Waals surface area contributed by atoms with E-state index < -0.39 is 11.6 Å². The van der Waals surface area contributed by atoms with Crippen molar-refractivity contribution in [2.75, 3.05) is 0 Å². The Morgan fingerprint density at radius 1 is 1.05 bits per heavy atom. The largest absolute Gasteiger partial charge is 0.207 e. The quantitative estimate of drug-likeness (QED) is 0.498. The van der Waals surface area contributed by atoms with Crippen molar-refractivity contribution in [2.24, 2.45) is 0 Å². The van der Waals surface area contributed by atoms with Crippen molar-refractivity contribution in [1.82, 2.24) is 0 Å². The maximum atomic E-state index is 14.0. The molecule has 0 spiro atoms. The Hall–Kier alpha value is -1.26. The standard InChI is InChI=1S/C16H11BrF2S/c1-9-6-11(13(19)8-12(9)18)16(17)15-7-10-4-2-3-5-14(10)20-15/h2-8,16H,1H3. The summed E-state index contributed by atoms with van der Waals surface area (Å²) in [5.74, 6) is -1.03. The summed E-state index contributed by atoms with van der Waals surface area (Å²) in [6, 6.07) is 12.6. The minimum atomic E-state index is -0.521. The third-order valence-corrected chi connectivity index (χ3v) is 5.72. The molecule has 20 heavy (non-hydrogen) atoms. The van der Waals surface area contributed by atoms with Crippen LogP contribution >= 0.6 is 27.3 Å². The SMILES string of the molecule is Cc1cc(C(Br)c2cc3ccccc3s2)c(F)cc1F. The van der Waals surface area contributed by atoms with Crippen molar-refractivity contribution in [3.05, 3.63) is 70.1 Å². The average Bonchev–Trinajstić information content (AvgIpc) is 2.86. The molecule has 0 bridgehead atoms. The van der Waals surface area contributed by atoms with E-state index in [1.165, 1.54) is 0 Å². The van der Waals surface area contributed by atoms with E-state index in [4.69, 9.17) is 0 Å². The Morgan fingerprint density at radius 2 is 1.80 bits per heavy atom. The summed E-state index contributed by atoms with van der Waals surface area (Å²) in [5, 5.41) is 1.14. The molecule has 1 heterocycles. The van der Waals surface area contributed by atoms with Gasteiger partial charge in [-0.3, -0.25) is 0 Å². The fraction of sp³-hybridized carbons (Fsp3) is 0.125. The number of alkyl halides is 1. The van der Waals surface area contributed by atoms with Gasteiger partial charge in [0.2, 0.25) is 0 Å². The van der Waals surface area contributed by atoms with Crippen LogP contribution in [0.15, 0.2) is 42.5 Å². The first kappa shape index (κ1) is 13.7. The number of benzene rings is 2. The molecule has 0 saturated heterocycles. The molecule has 102 valence electrons. The molecule has 0 N–H and O–H groups in total. The van der Waals surface area contributed by atoms with Crippen molar-refractivity contribution >= 4 is 37.4 Å². The minimum Gasteiger partial charge on any atom is -0.207 e. The highest BCUT2D eigenvalue weighted by Gasteiger charge is 2.19. The minimum absolute atomic E-state index is 0.265. The molecular formula is C16H11BrF2S. The Kier molecular flexibility index (Phi) is 3.61. The molecule has 0 aliphatic carbocycles. The molecular weight excluding hydrogens is 342 g/mol. The van der Waals surface area contributed by atoms with Crippen molar-refractivity contribution < 1.29 is 8.78 Å². The van der Waals surface area contributed by atoms with Crippen LogP contribution in [-0.4, -0.2) is 0 Å². The third-order valence-electron chi connectivity index (χ3n) is 3.25. The van der Waals surface area contributed by atoms with Crippen LogP contribution in [0.3, 0.4) is 0 Å². The lowest BCUT2D eigenvalue weighted by Crippen LogP contribution is -1.97. The van der Waals surface area contributed by atoms with Gasteiger partial charge in [0.05, 0.1) is 4.83 Å². The number of hydrogen-bond acceptors (Lipinski definition) is 1. The Labute approximate surface area is 128 Å². The van der Waals surface area contributed by atoms with Crippen molar-refractivity contribution in [3.63, 3.8) is 0 Å². The molecule has 0 radical (unpaired) electrons. The first-order valence-electron chi connectivity index (χ1n) is 6.14. The van der Waals surface area contributed by atoms with Crippen molar-refractivity contribution in [2.45, 2.75) is 11.8 Å². The summed E-state index contributed by atoms with van der Waals surface area (Å²) in [5.41, 5.74) is 0.919. The summed E-state index contributed by atoms with van der Waals surface area (Å²) < 4.78 is 28.5. The van der Waals surface area contributed by atoms with Gasteiger partial charge in [0.15, 0.2) is 0 Å². The monoisotopic (exact) mass is 352 g/mol. The highest BCUT2D eigenvalue weighted by molar-refractivity contribution is 9.09. The van der Waals surface area contributed by atoms with Gasteiger partial charge >= 0.3 is 0 Å². The fourth-order valence-electron chi connectivity index (χ4n) is 2.15. The molecule has 4 heteroatoms. The lowest BCUT2D eigenvalue weighted by molar-refractivity contribution is 0.569. The van der Waals surface area contributed by atoms with Gasteiger partial charge in [0, 0.05) is 21.2 Å². The summed E-state index contributed by atoms with van der Waals surface area (Å²) in [6.45, 7) is 1.64. The third kappa shape index (κ3) is 2.38. The smallest absolute Gasteiger partial charge is 0.130 e. The average molecular weight is 353 g/mol. The van der Waals surface area contributed by atoms with Crippen LogP contribution < -0.4 is 0 Å². The summed E-state index contributed by atoms with van der Waals surface area (Å²) >= 11 is 5.14. The molecule has 1 atom stereocenters. The molecule has 0 nitrogen and oxygen atoms in total. The maximum Gasteiger partial charge on any atom is 0.130 e. The van der Waals surface area contributed by atoms with Crippen LogP contribution in [0.1, 0.15) is 20.8 Å². The zero-order chi connectivity index (χ0) is 14.3. The normalized spacial score (nSPS) is 12.8. The van der Waals surface area contributed by atoms with Crippen LogP contribution in [-0.2, 0) is 0 Å². The zero-order valence-electron chi connectivity index (χ0n) is 10.7. The number of rotatable bonds is 2. The van der Waals surface area contributed by atoms with Gasteiger partial charge in [-0.25, -0.2) is 8.78 Å². The molecule has 0 amide bonds. The van der Waals surface area contributed by atoms with Crippen LogP contribution in [0.5, 0.6) is 0 Å². The van der Waals surface area contributed by atoms with Crippen molar-refractivity contribution in [1.29, 1.82) is 0 Å². The van der Waals surface area contributed by atoms with Crippen LogP contribution in [0.2, 0.25) is 0 Å². The van der Waals surface area contributed by atoms with Gasteiger partial charge in [-0.1, -0.05) is 34.1 Å². The van der Waals surface area contributed by atoms with E-state index in [-0.39, 0.29) is 4.83 Å². The van der Waals surface area contributed by atoms with Crippen molar-refractivity contribution in [3.8, 4) is 0 Å². The predicted octanol–water partition coefficient (Wildman–Crippen LogP) is 5.97. The van der Waals surface area contributed by atoms with Gasteiger partial charge in [-0.2, -0.15) is 0 Å². The molecule has 3 aromatic rings. The Balaban J connectivity index is 2.07. The molecule has 0 aliphatic heterocycles. The van der Waals surface area contributed by atoms with E-state index in [2.05, 4.69) is 15.9 Å². The van der Waals surface area contributed by atoms with Crippen LogP contribution in [0, 0.1) is 18.6 Å². The number of thiophene rings is 1. The van der Waals surface area contributed by atoms with Gasteiger partial charge in [-0.05, 0) is 36.1 Å². The second-order valence-corrected chi connectivity index (χ2v) is 6.70.